The Hall–Kier alpha value is -6.16. The molecule has 9 rings (SSSR count). The van der Waals surface area contributed by atoms with E-state index >= 15 is 0 Å². The number of aliphatic hydroxyl groups excluding tert-OH is 1. The molecule has 6 aromatic rings. The highest BCUT2D eigenvalue weighted by molar-refractivity contribution is 6.02. The van der Waals surface area contributed by atoms with Gasteiger partial charge in [-0.1, -0.05) is 48.5 Å². The van der Waals surface area contributed by atoms with Crippen molar-refractivity contribution in [2.24, 2.45) is 7.05 Å². The molecular formula is C47H55N11O4. The summed E-state index contributed by atoms with van der Waals surface area (Å²) < 4.78 is 3.77. The molecule has 3 aromatic carbocycles. The fourth-order valence-electron chi connectivity index (χ4n) is 9.28. The van der Waals surface area contributed by atoms with Gasteiger partial charge in [0.25, 0.3) is 0 Å². The summed E-state index contributed by atoms with van der Waals surface area (Å²) in [6.45, 7) is 10.6. The van der Waals surface area contributed by atoms with Crippen LogP contribution in [0.2, 0.25) is 0 Å². The maximum atomic E-state index is 13.3. The van der Waals surface area contributed by atoms with Crippen molar-refractivity contribution in [1.82, 2.24) is 44.4 Å². The second-order valence-corrected chi connectivity index (χ2v) is 16.7. The van der Waals surface area contributed by atoms with E-state index < -0.39 is 5.92 Å². The predicted octanol–water partition coefficient (Wildman–Crippen LogP) is 4.08. The molecule has 6 heterocycles. The molecule has 15 heteroatoms. The standard InChI is InChI=1S/C47H55N11O4/c1-32-44(34-10-4-3-5-11-34)46-49-39(30-42(58(46)51-32)56-22-18-55(19-23-56)26-27-59)35-12-6-8-33(28-35)9-7-17-54-20-24-57(25-21-54)43(61)31-48-36-13-14-37-40(29-36)53(2)52-45(37)38-15-16-41(60)50-47(38)62/h3-6,8,10-14,28-30,38,48,59H,7,9,15-27,31H2,1-2H3,(H,50,60,62). The lowest BCUT2D eigenvalue weighted by atomic mass is 9.93. The van der Waals surface area contributed by atoms with Crippen LogP contribution in [0.1, 0.15) is 42.1 Å². The molecule has 0 bridgehead atoms. The molecule has 0 saturated carbocycles. The van der Waals surface area contributed by atoms with Gasteiger partial charge in [0.05, 0.1) is 41.7 Å². The highest BCUT2D eigenvalue weighted by atomic mass is 16.3. The van der Waals surface area contributed by atoms with Crippen molar-refractivity contribution in [2.75, 3.05) is 88.8 Å². The number of β-amino-alcohol motifs (C(OH)–C–C–N with tert-alkyl or cyclic N) is 1. The number of nitrogens with zero attached hydrogens (tertiary/aromatic N) is 9. The summed E-state index contributed by atoms with van der Waals surface area (Å²) in [5, 5.41) is 25.8. The van der Waals surface area contributed by atoms with E-state index in [2.05, 4.69) is 92.0 Å². The van der Waals surface area contributed by atoms with Crippen molar-refractivity contribution in [2.45, 2.75) is 38.5 Å². The molecule has 3 aliphatic rings. The second kappa shape index (κ2) is 18.1. The zero-order chi connectivity index (χ0) is 42.7. The lowest BCUT2D eigenvalue weighted by Crippen LogP contribution is -2.50. The predicted molar refractivity (Wildman–Crippen MR) is 240 cm³/mol. The fourth-order valence-corrected chi connectivity index (χ4v) is 9.28. The Morgan fingerprint density at radius 3 is 2.39 bits per heavy atom. The largest absolute Gasteiger partial charge is 0.395 e. The van der Waals surface area contributed by atoms with Gasteiger partial charge in [-0.3, -0.25) is 34.2 Å². The third-order valence-electron chi connectivity index (χ3n) is 12.7. The molecule has 0 aliphatic carbocycles. The maximum Gasteiger partial charge on any atom is 0.241 e. The van der Waals surface area contributed by atoms with E-state index in [1.807, 2.05) is 40.7 Å². The molecule has 3 amide bonds. The average molecular weight is 838 g/mol. The van der Waals surface area contributed by atoms with E-state index in [1.165, 1.54) is 5.56 Å². The van der Waals surface area contributed by atoms with Gasteiger partial charge >= 0.3 is 0 Å². The number of imide groups is 1. The van der Waals surface area contributed by atoms with Crippen molar-refractivity contribution in [3.63, 3.8) is 0 Å². The first kappa shape index (κ1) is 41.2. The Morgan fingerprint density at radius 2 is 1.61 bits per heavy atom. The summed E-state index contributed by atoms with van der Waals surface area (Å²) in [4.78, 5) is 51.9. The molecule has 0 spiro atoms. The lowest BCUT2D eigenvalue weighted by molar-refractivity contribution is -0.134. The van der Waals surface area contributed by atoms with Crippen LogP contribution < -0.4 is 15.5 Å². The van der Waals surface area contributed by atoms with Gasteiger partial charge in [-0.2, -0.15) is 14.7 Å². The fraction of sp³-hybridized carbons (Fsp3) is 0.404. The van der Waals surface area contributed by atoms with Crippen molar-refractivity contribution in [3.8, 4) is 22.4 Å². The Labute approximate surface area is 361 Å². The monoisotopic (exact) mass is 837 g/mol. The molecular weight excluding hydrogens is 783 g/mol. The summed E-state index contributed by atoms with van der Waals surface area (Å²) in [5.41, 5.74) is 9.57. The van der Waals surface area contributed by atoms with E-state index in [1.54, 1.807) is 4.68 Å². The molecule has 1 unspecified atom stereocenters. The first-order valence-electron chi connectivity index (χ1n) is 21.9. The van der Waals surface area contributed by atoms with Crippen LogP contribution in [0.5, 0.6) is 0 Å². The maximum absolute atomic E-state index is 13.3. The van der Waals surface area contributed by atoms with E-state index in [9.17, 15) is 19.5 Å². The first-order valence-corrected chi connectivity index (χ1v) is 21.9. The molecule has 62 heavy (non-hydrogen) atoms. The first-order chi connectivity index (χ1) is 30.2. The highest BCUT2D eigenvalue weighted by Crippen LogP contribution is 2.34. The Balaban J connectivity index is 0.804. The third-order valence-corrected chi connectivity index (χ3v) is 12.7. The van der Waals surface area contributed by atoms with Gasteiger partial charge in [0, 0.05) is 101 Å². The van der Waals surface area contributed by atoms with Gasteiger partial charge in [-0.25, -0.2) is 4.98 Å². The summed E-state index contributed by atoms with van der Waals surface area (Å²) >= 11 is 0. The van der Waals surface area contributed by atoms with E-state index in [0.717, 1.165) is 115 Å². The number of hydrogen-bond acceptors (Lipinski definition) is 11. The van der Waals surface area contributed by atoms with E-state index in [4.69, 9.17) is 10.1 Å². The van der Waals surface area contributed by atoms with Crippen LogP contribution in [0.15, 0.2) is 78.9 Å². The summed E-state index contributed by atoms with van der Waals surface area (Å²) in [7, 11) is 1.84. The van der Waals surface area contributed by atoms with Gasteiger partial charge in [0.15, 0.2) is 5.65 Å². The van der Waals surface area contributed by atoms with Crippen LogP contribution in [0.25, 0.3) is 38.9 Å². The van der Waals surface area contributed by atoms with Crippen LogP contribution in [-0.2, 0) is 27.9 Å². The normalized spacial score (nSPS) is 17.9. The SMILES string of the molecule is Cc1nn2c(N3CCN(CCO)CC3)cc(-c3cccc(CCCN4CCN(C(=O)CNc5ccc6c(C7CCC(=O)NC7=O)nn(C)c6c5)CC4)c3)nc2c1-c1ccccc1. The van der Waals surface area contributed by atoms with Crippen molar-refractivity contribution in [3.05, 3.63) is 95.8 Å². The average Bonchev–Trinajstić information content (AvgIpc) is 3.80. The van der Waals surface area contributed by atoms with Crippen molar-refractivity contribution >= 4 is 45.8 Å². The number of piperazine rings is 2. The minimum Gasteiger partial charge on any atom is -0.395 e. The van der Waals surface area contributed by atoms with Gasteiger partial charge in [0.1, 0.15) is 5.82 Å². The van der Waals surface area contributed by atoms with E-state index in [-0.39, 0.29) is 30.9 Å². The number of aryl methyl sites for hydroxylation is 3. The topological polar surface area (TPSA) is 156 Å². The number of carbonyl (C=O) groups excluding carboxylic acids is 3. The molecule has 3 N–H and O–H groups in total. The zero-order valence-electron chi connectivity index (χ0n) is 35.6. The van der Waals surface area contributed by atoms with Crippen LogP contribution in [-0.4, -0.2) is 141 Å². The van der Waals surface area contributed by atoms with Crippen LogP contribution in [0.3, 0.4) is 0 Å². The summed E-state index contributed by atoms with van der Waals surface area (Å²) in [6.07, 6.45) is 2.70. The number of carbonyl (C=O) groups is 3. The smallest absolute Gasteiger partial charge is 0.241 e. The van der Waals surface area contributed by atoms with Gasteiger partial charge in [0.2, 0.25) is 17.7 Å². The number of rotatable bonds is 13. The molecule has 3 aliphatic heterocycles. The lowest BCUT2D eigenvalue weighted by Gasteiger charge is -2.35. The number of anilines is 2. The highest BCUT2D eigenvalue weighted by Gasteiger charge is 2.32. The van der Waals surface area contributed by atoms with Crippen LogP contribution in [0, 0.1) is 6.92 Å². The molecule has 322 valence electrons. The van der Waals surface area contributed by atoms with Crippen molar-refractivity contribution in [1.29, 1.82) is 0 Å². The van der Waals surface area contributed by atoms with E-state index in [0.29, 0.717) is 38.2 Å². The number of amides is 3. The zero-order valence-corrected chi connectivity index (χ0v) is 35.6. The molecule has 3 aromatic heterocycles. The minimum atomic E-state index is -0.460. The minimum absolute atomic E-state index is 0.0664. The van der Waals surface area contributed by atoms with Crippen molar-refractivity contribution < 1.29 is 19.5 Å². The Kier molecular flexibility index (Phi) is 12.0. The summed E-state index contributed by atoms with van der Waals surface area (Å²) in [5.74, 6) is 0.0912. The number of hydrogen-bond donors (Lipinski definition) is 3. The number of fused-ring (bicyclic) bond motifs is 2. The second-order valence-electron chi connectivity index (χ2n) is 16.7. The van der Waals surface area contributed by atoms with Crippen LogP contribution in [0.4, 0.5) is 11.5 Å². The van der Waals surface area contributed by atoms with Gasteiger partial charge in [-0.05, 0) is 68.1 Å². The molecule has 3 saturated heterocycles. The summed E-state index contributed by atoms with van der Waals surface area (Å²) in [6, 6.07) is 27.2. The number of aliphatic hydroxyl groups is 1. The molecule has 1 atom stereocenters. The number of nitrogens with one attached hydrogen (secondary N) is 2. The Morgan fingerprint density at radius 1 is 0.855 bits per heavy atom. The Bertz CT molecular complexity index is 2590. The quantitative estimate of drug-likeness (QED) is 0.144. The molecule has 3 fully saturated rings. The molecule has 15 nitrogen and oxygen atoms in total. The molecule has 0 radical (unpaired) electrons. The van der Waals surface area contributed by atoms with Gasteiger partial charge < -0.3 is 20.2 Å². The number of benzene rings is 3. The number of piperidine rings is 1. The van der Waals surface area contributed by atoms with Crippen LogP contribution >= 0.6 is 0 Å². The third kappa shape index (κ3) is 8.65. The number of aromatic nitrogens is 5. The van der Waals surface area contributed by atoms with Gasteiger partial charge in [-0.15, -0.1) is 0 Å².